The average molecular weight is 404 g/mol. The molecule has 150 valence electrons. The molecule has 0 bridgehead atoms. The molecule has 0 aliphatic carbocycles. The van der Waals surface area contributed by atoms with Gasteiger partial charge in [-0.3, -0.25) is 34.6 Å². The van der Waals surface area contributed by atoms with Crippen LogP contribution in [0.1, 0.15) is 42.5 Å². The van der Waals surface area contributed by atoms with Gasteiger partial charge in [-0.1, -0.05) is 6.07 Å². The molecule has 1 N–H and O–H groups in total. The minimum atomic E-state index is -0.766. The van der Waals surface area contributed by atoms with Crippen LogP contribution in [-0.2, 0) is 0 Å². The number of nitrogens with zero attached hydrogens (tertiary/aromatic N) is 3. The molecule has 1 aliphatic rings. The van der Waals surface area contributed by atoms with Crippen LogP contribution in [0.2, 0.25) is 0 Å². The highest BCUT2D eigenvalue weighted by Gasteiger charge is 2.41. The zero-order valence-corrected chi connectivity index (χ0v) is 16.1. The SMILES string of the molecule is Cc1ccc(C)n1NC(=O)c1ccc(N2C(=O)c3cccc([N+](=O)[O-])c3C2=O)cc1. The summed E-state index contributed by atoms with van der Waals surface area (Å²) in [6, 6.07) is 13.6. The number of carbonyl (C=O) groups is 3. The maximum atomic E-state index is 12.8. The summed E-state index contributed by atoms with van der Waals surface area (Å²) in [4.78, 5) is 49.4. The number of amides is 3. The molecule has 0 spiro atoms. The first-order valence-electron chi connectivity index (χ1n) is 9.02. The van der Waals surface area contributed by atoms with E-state index < -0.39 is 22.4 Å². The lowest BCUT2D eigenvalue weighted by Crippen LogP contribution is -2.29. The normalized spacial score (nSPS) is 12.8. The zero-order chi connectivity index (χ0) is 21.6. The molecular weight excluding hydrogens is 388 g/mol. The molecular formula is C21H16N4O5. The Morgan fingerprint density at radius 1 is 0.933 bits per heavy atom. The van der Waals surface area contributed by atoms with E-state index in [0.717, 1.165) is 16.3 Å². The smallest absolute Gasteiger partial charge is 0.268 e. The number of nitrogens with one attached hydrogen (secondary N) is 1. The third-order valence-corrected chi connectivity index (χ3v) is 4.96. The van der Waals surface area contributed by atoms with E-state index in [2.05, 4.69) is 5.43 Å². The first-order chi connectivity index (χ1) is 14.3. The second-order valence-electron chi connectivity index (χ2n) is 6.84. The standard InChI is InChI=1S/C21H16N4O5/c1-12-6-7-13(2)24(12)22-19(26)14-8-10-15(11-9-14)23-20(27)16-4-3-5-17(25(29)30)18(16)21(23)28/h3-11H,1-2H3,(H,22,26). The van der Waals surface area contributed by atoms with Crippen LogP contribution in [0.15, 0.2) is 54.6 Å². The van der Waals surface area contributed by atoms with Crippen LogP contribution in [0.3, 0.4) is 0 Å². The highest BCUT2D eigenvalue weighted by molar-refractivity contribution is 6.35. The molecule has 3 amide bonds. The molecule has 9 heteroatoms. The Hall–Kier alpha value is -4.27. The van der Waals surface area contributed by atoms with Crippen LogP contribution < -0.4 is 10.3 Å². The molecule has 3 aromatic rings. The molecule has 30 heavy (non-hydrogen) atoms. The fourth-order valence-corrected chi connectivity index (χ4v) is 3.43. The summed E-state index contributed by atoms with van der Waals surface area (Å²) in [6.07, 6.45) is 0. The molecule has 0 unspecified atom stereocenters. The summed E-state index contributed by atoms with van der Waals surface area (Å²) in [5.41, 5.74) is 4.39. The minimum absolute atomic E-state index is 0.0189. The third kappa shape index (κ3) is 2.93. The average Bonchev–Trinajstić information content (AvgIpc) is 3.18. The minimum Gasteiger partial charge on any atom is -0.268 e. The van der Waals surface area contributed by atoms with Gasteiger partial charge < -0.3 is 0 Å². The quantitative estimate of drug-likeness (QED) is 0.407. The Balaban J connectivity index is 1.61. The molecule has 0 saturated heterocycles. The predicted octanol–water partition coefficient (Wildman–Crippen LogP) is 3.20. The van der Waals surface area contributed by atoms with Crippen LogP contribution in [0.5, 0.6) is 0 Å². The van der Waals surface area contributed by atoms with Gasteiger partial charge in [-0.05, 0) is 56.3 Å². The number of nitro benzene ring substituents is 1. The molecule has 4 rings (SSSR count). The number of hydrogen-bond acceptors (Lipinski definition) is 5. The van der Waals surface area contributed by atoms with E-state index in [9.17, 15) is 24.5 Å². The number of fused-ring (bicyclic) bond motifs is 1. The van der Waals surface area contributed by atoms with Gasteiger partial charge in [0.05, 0.1) is 16.2 Å². The number of hydrogen-bond donors (Lipinski definition) is 1. The van der Waals surface area contributed by atoms with Crippen LogP contribution in [0.25, 0.3) is 0 Å². The summed E-state index contributed by atoms with van der Waals surface area (Å²) in [7, 11) is 0. The lowest BCUT2D eigenvalue weighted by Gasteiger charge is -2.15. The lowest BCUT2D eigenvalue weighted by molar-refractivity contribution is -0.385. The highest BCUT2D eigenvalue weighted by atomic mass is 16.6. The van der Waals surface area contributed by atoms with Crippen molar-refractivity contribution in [2.75, 3.05) is 10.3 Å². The van der Waals surface area contributed by atoms with Gasteiger partial charge >= 0.3 is 0 Å². The summed E-state index contributed by atoms with van der Waals surface area (Å²) in [5.74, 6) is -1.77. The third-order valence-electron chi connectivity index (χ3n) is 4.96. The summed E-state index contributed by atoms with van der Waals surface area (Å²) >= 11 is 0. The van der Waals surface area contributed by atoms with Crippen molar-refractivity contribution < 1.29 is 19.3 Å². The lowest BCUT2D eigenvalue weighted by atomic mass is 10.1. The highest BCUT2D eigenvalue weighted by Crippen LogP contribution is 2.33. The maximum Gasteiger partial charge on any atom is 0.283 e. The number of aryl methyl sites for hydroxylation is 2. The second-order valence-corrected chi connectivity index (χ2v) is 6.84. The molecule has 9 nitrogen and oxygen atoms in total. The van der Waals surface area contributed by atoms with E-state index in [1.165, 1.54) is 42.5 Å². The van der Waals surface area contributed by atoms with Crippen molar-refractivity contribution in [2.24, 2.45) is 0 Å². The van der Waals surface area contributed by atoms with Crippen molar-refractivity contribution in [3.63, 3.8) is 0 Å². The Kier molecular flexibility index (Phi) is 4.42. The summed E-state index contributed by atoms with van der Waals surface area (Å²) in [6.45, 7) is 3.72. The summed E-state index contributed by atoms with van der Waals surface area (Å²) < 4.78 is 1.65. The monoisotopic (exact) mass is 404 g/mol. The van der Waals surface area contributed by atoms with Crippen molar-refractivity contribution in [1.82, 2.24) is 4.68 Å². The fraction of sp³-hybridized carbons (Fsp3) is 0.0952. The molecule has 2 aromatic carbocycles. The maximum absolute atomic E-state index is 12.8. The molecule has 0 radical (unpaired) electrons. The van der Waals surface area contributed by atoms with Gasteiger partial charge in [-0.25, -0.2) is 4.90 Å². The Bertz CT molecular complexity index is 1210. The van der Waals surface area contributed by atoms with E-state index >= 15 is 0 Å². The number of nitro groups is 1. The number of anilines is 1. The van der Waals surface area contributed by atoms with Gasteiger partial charge in [0.15, 0.2) is 0 Å². The van der Waals surface area contributed by atoms with Gasteiger partial charge in [-0.15, -0.1) is 0 Å². The number of carbonyl (C=O) groups excluding carboxylic acids is 3. The Labute approximate surface area is 170 Å². The molecule has 1 aliphatic heterocycles. The first kappa shape index (κ1) is 19.1. The van der Waals surface area contributed by atoms with Crippen LogP contribution in [0.4, 0.5) is 11.4 Å². The first-order valence-corrected chi connectivity index (χ1v) is 9.02. The van der Waals surface area contributed by atoms with E-state index in [0.29, 0.717) is 5.56 Å². The van der Waals surface area contributed by atoms with E-state index in [4.69, 9.17) is 0 Å². The van der Waals surface area contributed by atoms with Gasteiger partial charge in [0, 0.05) is 23.0 Å². The largest absolute Gasteiger partial charge is 0.283 e. The van der Waals surface area contributed by atoms with Crippen molar-refractivity contribution in [3.8, 4) is 0 Å². The molecule has 1 aromatic heterocycles. The summed E-state index contributed by atoms with van der Waals surface area (Å²) in [5, 5.41) is 11.2. The van der Waals surface area contributed by atoms with Crippen molar-refractivity contribution >= 4 is 29.1 Å². The van der Waals surface area contributed by atoms with Crippen LogP contribution >= 0.6 is 0 Å². The number of imide groups is 1. The van der Waals surface area contributed by atoms with Crippen molar-refractivity contribution in [2.45, 2.75) is 13.8 Å². The Morgan fingerprint density at radius 3 is 2.17 bits per heavy atom. The van der Waals surface area contributed by atoms with Crippen molar-refractivity contribution in [1.29, 1.82) is 0 Å². The molecule has 0 saturated carbocycles. The van der Waals surface area contributed by atoms with Crippen molar-refractivity contribution in [3.05, 3.63) is 92.8 Å². The number of benzene rings is 2. The molecule has 0 atom stereocenters. The Morgan fingerprint density at radius 2 is 1.57 bits per heavy atom. The number of aromatic nitrogens is 1. The van der Waals surface area contributed by atoms with E-state index in [1.807, 2.05) is 26.0 Å². The second kappa shape index (κ2) is 6.96. The van der Waals surface area contributed by atoms with Crippen LogP contribution in [-0.4, -0.2) is 27.3 Å². The molecule has 0 fully saturated rings. The van der Waals surface area contributed by atoms with E-state index in [-0.39, 0.29) is 22.7 Å². The fourth-order valence-electron chi connectivity index (χ4n) is 3.43. The predicted molar refractivity (Wildman–Crippen MR) is 108 cm³/mol. The topological polar surface area (TPSA) is 115 Å². The zero-order valence-electron chi connectivity index (χ0n) is 16.1. The van der Waals surface area contributed by atoms with Gasteiger partial charge in [0.25, 0.3) is 23.4 Å². The van der Waals surface area contributed by atoms with Gasteiger partial charge in [-0.2, -0.15) is 0 Å². The van der Waals surface area contributed by atoms with Gasteiger partial charge in [0.1, 0.15) is 5.56 Å². The van der Waals surface area contributed by atoms with E-state index in [1.54, 1.807) is 4.68 Å². The van der Waals surface area contributed by atoms with Gasteiger partial charge in [0.2, 0.25) is 0 Å². The van der Waals surface area contributed by atoms with Crippen LogP contribution in [0, 0.1) is 24.0 Å². The molecule has 2 heterocycles. The number of rotatable bonds is 4.